The number of esters is 1. The molecule has 2 rings (SSSR count). The average molecular weight is 315 g/mol. The standard InChI is InChI=1S/C18H21NO4/c1-12(2)14-7-5-13(6-8-14)11-23-17-10-19-15(18(20)22-4)9-16(17)21-3/h5-10,12H,11H2,1-4H3. The smallest absolute Gasteiger partial charge is 0.356 e. The minimum atomic E-state index is -0.515. The maximum atomic E-state index is 11.5. The number of hydrogen-bond acceptors (Lipinski definition) is 5. The summed E-state index contributed by atoms with van der Waals surface area (Å²) < 4.78 is 15.6. The predicted octanol–water partition coefficient (Wildman–Crippen LogP) is 3.58. The van der Waals surface area contributed by atoms with Crippen molar-refractivity contribution in [2.24, 2.45) is 0 Å². The van der Waals surface area contributed by atoms with Gasteiger partial charge < -0.3 is 14.2 Å². The number of rotatable bonds is 6. The van der Waals surface area contributed by atoms with Gasteiger partial charge in [-0.3, -0.25) is 0 Å². The fourth-order valence-corrected chi connectivity index (χ4v) is 2.07. The van der Waals surface area contributed by atoms with E-state index in [0.29, 0.717) is 24.0 Å². The quantitative estimate of drug-likeness (QED) is 0.763. The van der Waals surface area contributed by atoms with Gasteiger partial charge in [0.15, 0.2) is 17.2 Å². The van der Waals surface area contributed by atoms with E-state index < -0.39 is 5.97 Å². The van der Waals surface area contributed by atoms with Crippen LogP contribution in [0.3, 0.4) is 0 Å². The molecule has 0 aliphatic heterocycles. The molecule has 2 aromatic rings. The molecular weight excluding hydrogens is 294 g/mol. The Morgan fingerprint density at radius 3 is 2.39 bits per heavy atom. The fraction of sp³-hybridized carbons (Fsp3) is 0.333. The van der Waals surface area contributed by atoms with E-state index in [1.807, 2.05) is 12.1 Å². The highest BCUT2D eigenvalue weighted by molar-refractivity contribution is 5.87. The van der Waals surface area contributed by atoms with Gasteiger partial charge in [-0.05, 0) is 17.0 Å². The maximum absolute atomic E-state index is 11.5. The Labute approximate surface area is 136 Å². The highest BCUT2D eigenvalue weighted by atomic mass is 16.5. The van der Waals surface area contributed by atoms with E-state index in [2.05, 4.69) is 35.7 Å². The summed E-state index contributed by atoms with van der Waals surface area (Å²) >= 11 is 0. The van der Waals surface area contributed by atoms with Crippen LogP contribution in [0.15, 0.2) is 36.5 Å². The van der Waals surface area contributed by atoms with E-state index in [9.17, 15) is 4.79 Å². The molecule has 1 aromatic heterocycles. The molecule has 1 aromatic carbocycles. The molecule has 0 unspecified atom stereocenters. The number of pyridine rings is 1. The van der Waals surface area contributed by atoms with Crippen LogP contribution in [0.25, 0.3) is 0 Å². The van der Waals surface area contributed by atoms with Gasteiger partial charge in [-0.2, -0.15) is 0 Å². The first kappa shape index (κ1) is 16.8. The Hall–Kier alpha value is -2.56. The lowest BCUT2D eigenvalue weighted by Gasteiger charge is -2.12. The number of carbonyl (C=O) groups is 1. The summed E-state index contributed by atoms with van der Waals surface area (Å²) in [4.78, 5) is 15.5. The molecule has 0 atom stereocenters. The van der Waals surface area contributed by atoms with Crippen LogP contribution in [0.2, 0.25) is 0 Å². The zero-order chi connectivity index (χ0) is 16.8. The van der Waals surface area contributed by atoms with Crippen LogP contribution in [-0.2, 0) is 11.3 Å². The molecule has 0 N–H and O–H groups in total. The maximum Gasteiger partial charge on any atom is 0.356 e. The van der Waals surface area contributed by atoms with Crippen LogP contribution >= 0.6 is 0 Å². The summed E-state index contributed by atoms with van der Waals surface area (Å²) in [6.07, 6.45) is 1.47. The van der Waals surface area contributed by atoms with Crippen molar-refractivity contribution in [2.45, 2.75) is 26.4 Å². The lowest BCUT2D eigenvalue weighted by atomic mass is 10.0. The largest absolute Gasteiger partial charge is 0.493 e. The van der Waals surface area contributed by atoms with Crippen molar-refractivity contribution in [3.05, 3.63) is 53.3 Å². The Morgan fingerprint density at radius 1 is 1.13 bits per heavy atom. The van der Waals surface area contributed by atoms with Crippen LogP contribution < -0.4 is 9.47 Å². The van der Waals surface area contributed by atoms with Gasteiger partial charge in [-0.15, -0.1) is 0 Å². The first-order valence-electron chi connectivity index (χ1n) is 7.39. The van der Waals surface area contributed by atoms with Crippen LogP contribution in [0.5, 0.6) is 11.5 Å². The van der Waals surface area contributed by atoms with E-state index in [4.69, 9.17) is 9.47 Å². The van der Waals surface area contributed by atoms with Gasteiger partial charge in [0.05, 0.1) is 20.4 Å². The second kappa shape index (κ2) is 7.63. The average Bonchev–Trinajstić information content (AvgIpc) is 2.59. The molecular formula is C18H21NO4. The molecule has 0 fully saturated rings. The first-order valence-corrected chi connectivity index (χ1v) is 7.39. The van der Waals surface area contributed by atoms with Crippen molar-refractivity contribution in [1.29, 1.82) is 0 Å². The van der Waals surface area contributed by atoms with Crippen molar-refractivity contribution in [1.82, 2.24) is 4.98 Å². The van der Waals surface area contributed by atoms with Gasteiger partial charge in [0.1, 0.15) is 6.61 Å². The van der Waals surface area contributed by atoms with Gasteiger partial charge in [-0.25, -0.2) is 9.78 Å². The summed E-state index contributed by atoms with van der Waals surface area (Å²) in [6.45, 7) is 4.71. The van der Waals surface area contributed by atoms with Gasteiger partial charge in [0.2, 0.25) is 0 Å². The summed E-state index contributed by atoms with van der Waals surface area (Å²) in [5.74, 6) is 0.909. The first-order chi connectivity index (χ1) is 11.0. The molecule has 5 heteroatoms. The highest BCUT2D eigenvalue weighted by Crippen LogP contribution is 2.27. The second-order valence-electron chi connectivity index (χ2n) is 5.40. The Kier molecular flexibility index (Phi) is 5.57. The fourth-order valence-electron chi connectivity index (χ4n) is 2.07. The molecule has 1 heterocycles. The number of benzene rings is 1. The third-order valence-electron chi connectivity index (χ3n) is 3.49. The molecule has 0 radical (unpaired) electrons. The van der Waals surface area contributed by atoms with E-state index in [0.717, 1.165) is 5.56 Å². The topological polar surface area (TPSA) is 57.7 Å². The minimum absolute atomic E-state index is 0.179. The summed E-state index contributed by atoms with van der Waals surface area (Å²) in [5, 5.41) is 0. The summed E-state index contributed by atoms with van der Waals surface area (Å²) in [7, 11) is 2.82. The van der Waals surface area contributed by atoms with E-state index in [1.165, 1.54) is 32.0 Å². The van der Waals surface area contributed by atoms with Crippen LogP contribution in [-0.4, -0.2) is 25.2 Å². The zero-order valence-corrected chi connectivity index (χ0v) is 13.8. The third kappa shape index (κ3) is 4.22. The summed E-state index contributed by atoms with van der Waals surface area (Å²) in [6, 6.07) is 9.78. The zero-order valence-electron chi connectivity index (χ0n) is 13.8. The van der Waals surface area contributed by atoms with E-state index >= 15 is 0 Å². The normalized spacial score (nSPS) is 10.5. The van der Waals surface area contributed by atoms with Gasteiger partial charge in [0, 0.05) is 6.07 Å². The van der Waals surface area contributed by atoms with Crippen molar-refractivity contribution in [2.75, 3.05) is 14.2 Å². The molecule has 0 amide bonds. The number of hydrogen-bond donors (Lipinski definition) is 0. The molecule has 0 aliphatic rings. The lowest BCUT2D eigenvalue weighted by Crippen LogP contribution is -2.06. The molecule has 122 valence electrons. The van der Waals surface area contributed by atoms with Gasteiger partial charge in [-0.1, -0.05) is 38.1 Å². The van der Waals surface area contributed by atoms with Crippen molar-refractivity contribution in [3.8, 4) is 11.5 Å². The second-order valence-corrected chi connectivity index (χ2v) is 5.40. The van der Waals surface area contributed by atoms with E-state index in [-0.39, 0.29) is 5.69 Å². The molecule has 0 saturated heterocycles. The SMILES string of the molecule is COC(=O)c1cc(OC)c(OCc2ccc(C(C)C)cc2)cn1. The molecule has 0 spiro atoms. The monoisotopic (exact) mass is 315 g/mol. The summed E-state index contributed by atoms with van der Waals surface area (Å²) in [5.41, 5.74) is 2.52. The van der Waals surface area contributed by atoms with Gasteiger partial charge in [0.25, 0.3) is 0 Å². The molecule has 5 nitrogen and oxygen atoms in total. The number of nitrogens with zero attached hydrogens (tertiary/aromatic N) is 1. The van der Waals surface area contributed by atoms with Gasteiger partial charge >= 0.3 is 5.97 Å². The minimum Gasteiger partial charge on any atom is -0.493 e. The number of aromatic nitrogens is 1. The Balaban J connectivity index is 2.09. The number of ether oxygens (including phenoxy) is 3. The van der Waals surface area contributed by atoms with Crippen LogP contribution in [0.1, 0.15) is 41.4 Å². The van der Waals surface area contributed by atoms with Crippen molar-refractivity contribution < 1.29 is 19.0 Å². The third-order valence-corrected chi connectivity index (χ3v) is 3.49. The number of carbonyl (C=O) groups excluding carboxylic acids is 1. The lowest BCUT2D eigenvalue weighted by molar-refractivity contribution is 0.0593. The Morgan fingerprint density at radius 2 is 1.83 bits per heavy atom. The van der Waals surface area contributed by atoms with Crippen LogP contribution in [0, 0.1) is 0 Å². The van der Waals surface area contributed by atoms with Crippen LogP contribution in [0.4, 0.5) is 0 Å². The molecule has 0 bridgehead atoms. The van der Waals surface area contributed by atoms with Crippen molar-refractivity contribution >= 4 is 5.97 Å². The molecule has 23 heavy (non-hydrogen) atoms. The highest BCUT2D eigenvalue weighted by Gasteiger charge is 2.13. The van der Waals surface area contributed by atoms with Crippen molar-refractivity contribution in [3.63, 3.8) is 0 Å². The molecule has 0 saturated carbocycles. The number of methoxy groups -OCH3 is 2. The van der Waals surface area contributed by atoms with E-state index in [1.54, 1.807) is 0 Å². The Bertz CT molecular complexity index is 665. The molecule has 0 aliphatic carbocycles. The predicted molar refractivity (Wildman–Crippen MR) is 87.0 cm³/mol.